The Morgan fingerprint density at radius 3 is 2.39 bits per heavy atom. The SMILES string of the molecule is CC(C)CN(C(=O)c1cccc(Cl)c1Cl)c1c(N)n(CC(C)C)c(=O)[nH]c1=O. The molecule has 0 fully saturated rings. The zero-order valence-electron chi connectivity index (χ0n) is 16.3. The van der Waals surface area contributed by atoms with Gasteiger partial charge in [0, 0.05) is 13.1 Å². The molecule has 0 bridgehead atoms. The Bertz CT molecular complexity index is 996. The van der Waals surface area contributed by atoms with Gasteiger partial charge in [-0.15, -0.1) is 0 Å². The molecule has 0 saturated carbocycles. The summed E-state index contributed by atoms with van der Waals surface area (Å²) in [6.45, 7) is 8.13. The minimum atomic E-state index is -0.727. The zero-order valence-corrected chi connectivity index (χ0v) is 17.8. The van der Waals surface area contributed by atoms with Crippen LogP contribution in [0.5, 0.6) is 0 Å². The lowest BCUT2D eigenvalue weighted by molar-refractivity contribution is 0.0983. The molecule has 1 aromatic carbocycles. The van der Waals surface area contributed by atoms with E-state index in [4.69, 9.17) is 28.9 Å². The third-order valence-corrected chi connectivity index (χ3v) is 4.83. The minimum absolute atomic E-state index is 0.0196. The fraction of sp³-hybridized carbons (Fsp3) is 0.421. The maximum atomic E-state index is 13.3. The number of carbonyl (C=O) groups excluding carboxylic acids is 1. The minimum Gasteiger partial charge on any atom is -0.383 e. The number of nitrogens with one attached hydrogen (secondary N) is 1. The molecule has 0 unspecified atom stereocenters. The van der Waals surface area contributed by atoms with Crippen LogP contribution in [0.4, 0.5) is 11.5 Å². The normalized spacial score (nSPS) is 11.3. The fourth-order valence-corrected chi connectivity index (χ4v) is 3.22. The van der Waals surface area contributed by atoms with Crippen molar-refractivity contribution in [2.75, 3.05) is 17.2 Å². The predicted octanol–water partition coefficient (Wildman–Crippen LogP) is 3.38. The highest BCUT2D eigenvalue weighted by atomic mass is 35.5. The molecule has 0 spiro atoms. The maximum Gasteiger partial charge on any atom is 0.330 e. The molecule has 0 atom stereocenters. The topological polar surface area (TPSA) is 101 Å². The van der Waals surface area contributed by atoms with Gasteiger partial charge in [0.25, 0.3) is 11.5 Å². The Labute approximate surface area is 173 Å². The maximum absolute atomic E-state index is 13.3. The highest BCUT2D eigenvalue weighted by Gasteiger charge is 2.27. The van der Waals surface area contributed by atoms with Crippen LogP contribution in [0.15, 0.2) is 27.8 Å². The molecule has 2 aromatic rings. The first-order valence-electron chi connectivity index (χ1n) is 8.93. The highest BCUT2D eigenvalue weighted by Crippen LogP contribution is 2.29. The van der Waals surface area contributed by atoms with Crippen molar-refractivity contribution in [2.45, 2.75) is 34.2 Å². The molecule has 3 N–H and O–H groups in total. The monoisotopic (exact) mass is 426 g/mol. The van der Waals surface area contributed by atoms with Crippen LogP contribution >= 0.6 is 23.2 Å². The van der Waals surface area contributed by atoms with Crippen molar-refractivity contribution in [3.05, 3.63) is 54.6 Å². The molecule has 152 valence electrons. The van der Waals surface area contributed by atoms with Crippen LogP contribution in [0, 0.1) is 11.8 Å². The van der Waals surface area contributed by atoms with E-state index in [2.05, 4.69) is 4.98 Å². The van der Waals surface area contributed by atoms with E-state index in [1.807, 2.05) is 27.7 Å². The molecule has 0 aliphatic heterocycles. The number of carbonyl (C=O) groups is 1. The molecule has 1 heterocycles. The molecule has 28 heavy (non-hydrogen) atoms. The van der Waals surface area contributed by atoms with Gasteiger partial charge in [-0.1, -0.05) is 57.0 Å². The van der Waals surface area contributed by atoms with E-state index in [1.54, 1.807) is 12.1 Å². The van der Waals surface area contributed by atoms with E-state index in [9.17, 15) is 14.4 Å². The number of H-pyrrole nitrogens is 1. The van der Waals surface area contributed by atoms with Crippen molar-refractivity contribution in [3.8, 4) is 0 Å². The largest absolute Gasteiger partial charge is 0.383 e. The number of hydrogen-bond acceptors (Lipinski definition) is 4. The summed E-state index contributed by atoms with van der Waals surface area (Å²) in [4.78, 5) is 41.6. The number of amides is 1. The summed E-state index contributed by atoms with van der Waals surface area (Å²) in [7, 11) is 0. The molecule has 0 saturated heterocycles. The second-order valence-electron chi connectivity index (χ2n) is 7.41. The standard InChI is InChI=1S/C19H24Cl2N4O3/c1-10(2)8-24(18(27)12-6-5-7-13(20)14(12)21)15-16(22)25(9-11(3)4)19(28)23-17(15)26/h5-7,10-11H,8-9,22H2,1-4H3,(H,23,26,28). The third kappa shape index (κ3) is 4.59. The summed E-state index contributed by atoms with van der Waals surface area (Å²) in [5.41, 5.74) is 4.92. The van der Waals surface area contributed by atoms with Crippen molar-refractivity contribution in [1.29, 1.82) is 0 Å². The summed E-state index contributed by atoms with van der Waals surface area (Å²) in [5.74, 6) is -0.454. The number of hydrogen-bond donors (Lipinski definition) is 2. The van der Waals surface area contributed by atoms with Crippen molar-refractivity contribution in [1.82, 2.24) is 9.55 Å². The van der Waals surface area contributed by atoms with Crippen LogP contribution in [0.2, 0.25) is 10.0 Å². The smallest absolute Gasteiger partial charge is 0.330 e. The van der Waals surface area contributed by atoms with E-state index in [0.29, 0.717) is 6.54 Å². The second-order valence-corrected chi connectivity index (χ2v) is 8.19. The molecule has 0 radical (unpaired) electrons. The molecule has 9 heteroatoms. The number of aromatic amines is 1. The number of nitrogens with two attached hydrogens (primary N) is 1. The second kappa shape index (κ2) is 8.84. The van der Waals surface area contributed by atoms with Crippen molar-refractivity contribution >= 4 is 40.6 Å². The summed E-state index contributed by atoms with van der Waals surface area (Å²) >= 11 is 12.2. The van der Waals surface area contributed by atoms with Gasteiger partial charge in [0.15, 0.2) is 5.69 Å². The number of aromatic nitrogens is 2. The van der Waals surface area contributed by atoms with Crippen LogP contribution in [-0.4, -0.2) is 22.0 Å². The van der Waals surface area contributed by atoms with Crippen molar-refractivity contribution in [3.63, 3.8) is 0 Å². The van der Waals surface area contributed by atoms with E-state index in [1.165, 1.54) is 15.5 Å². The third-order valence-electron chi connectivity index (χ3n) is 4.01. The lowest BCUT2D eigenvalue weighted by Crippen LogP contribution is -2.43. The molecule has 0 aliphatic rings. The van der Waals surface area contributed by atoms with Gasteiger partial charge >= 0.3 is 5.69 Å². The van der Waals surface area contributed by atoms with Crippen LogP contribution in [0.1, 0.15) is 38.1 Å². The van der Waals surface area contributed by atoms with Gasteiger partial charge in [0.1, 0.15) is 5.82 Å². The average molecular weight is 427 g/mol. The number of anilines is 2. The Morgan fingerprint density at radius 1 is 1.18 bits per heavy atom. The van der Waals surface area contributed by atoms with E-state index >= 15 is 0 Å². The van der Waals surface area contributed by atoms with Crippen LogP contribution in [0.25, 0.3) is 0 Å². The van der Waals surface area contributed by atoms with Crippen LogP contribution < -0.4 is 21.9 Å². The van der Waals surface area contributed by atoms with Gasteiger partial charge in [-0.3, -0.25) is 19.1 Å². The van der Waals surface area contributed by atoms with E-state index in [0.717, 1.165) is 0 Å². The van der Waals surface area contributed by atoms with Crippen molar-refractivity contribution in [2.24, 2.45) is 11.8 Å². The molecular formula is C19H24Cl2N4O3. The predicted molar refractivity (Wildman–Crippen MR) is 114 cm³/mol. The van der Waals surface area contributed by atoms with Gasteiger partial charge < -0.3 is 10.6 Å². The summed E-state index contributed by atoms with van der Waals surface area (Å²) < 4.78 is 1.27. The molecule has 1 amide bonds. The van der Waals surface area contributed by atoms with Gasteiger partial charge in [-0.25, -0.2) is 4.79 Å². The van der Waals surface area contributed by atoms with Crippen molar-refractivity contribution < 1.29 is 4.79 Å². The van der Waals surface area contributed by atoms with E-state index < -0.39 is 17.2 Å². The lowest BCUT2D eigenvalue weighted by atomic mass is 10.1. The summed E-state index contributed by atoms with van der Waals surface area (Å²) in [6, 6.07) is 4.69. The molecule has 0 aliphatic carbocycles. The number of rotatable bonds is 6. The number of halogens is 2. The Balaban J connectivity index is 2.70. The number of benzene rings is 1. The quantitative estimate of drug-likeness (QED) is 0.738. The summed E-state index contributed by atoms with van der Waals surface area (Å²) in [5, 5.41) is 0.317. The van der Waals surface area contributed by atoms with Gasteiger partial charge in [0.05, 0.1) is 15.6 Å². The van der Waals surface area contributed by atoms with Gasteiger partial charge in [-0.05, 0) is 24.0 Å². The van der Waals surface area contributed by atoms with Crippen LogP contribution in [-0.2, 0) is 6.54 Å². The van der Waals surface area contributed by atoms with Crippen LogP contribution in [0.3, 0.4) is 0 Å². The van der Waals surface area contributed by atoms with Gasteiger partial charge in [-0.2, -0.15) is 0 Å². The number of nitrogens with zero attached hydrogens (tertiary/aromatic N) is 2. The Morgan fingerprint density at radius 2 is 1.82 bits per heavy atom. The molecular weight excluding hydrogens is 403 g/mol. The van der Waals surface area contributed by atoms with Gasteiger partial charge in [0.2, 0.25) is 0 Å². The highest BCUT2D eigenvalue weighted by molar-refractivity contribution is 6.44. The average Bonchev–Trinajstić information content (AvgIpc) is 2.59. The van der Waals surface area contributed by atoms with E-state index in [-0.39, 0.29) is 45.5 Å². The first-order chi connectivity index (χ1) is 13.0. The number of nitrogen functional groups attached to an aromatic ring is 1. The lowest BCUT2D eigenvalue weighted by Gasteiger charge is -2.27. The Hall–Kier alpha value is -2.25. The summed E-state index contributed by atoms with van der Waals surface area (Å²) in [6.07, 6.45) is 0. The molecule has 2 rings (SSSR count). The zero-order chi connectivity index (χ0) is 21.2. The molecule has 1 aromatic heterocycles. The fourth-order valence-electron chi connectivity index (χ4n) is 2.84. The Kier molecular flexibility index (Phi) is 6.96. The first-order valence-corrected chi connectivity index (χ1v) is 9.68. The molecule has 7 nitrogen and oxygen atoms in total. The first kappa shape index (κ1) is 22.0.